The molecular weight excluding hydrogens is 318 g/mol. The van der Waals surface area contributed by atoms with E-state index >= 15 is 0 Å². The zero-order chi connectivity index (χ0) is 13.9. The largest absolute Gasteiger partial charge is 0.361 e. The van der Waals surface area contributed by atoms with Crippen LogP contribution in [0.15, 0.2) is 34.8 Å². The molecule has 1 saturated carbocycles. The Balaban J connectivity index is 1.59. The molecule has 2 aromatic rings. The van der Waals surface area contributed by atoms with Gasteiger partial charge in [0.25, 0.3) is 0 Å². The van der Waals surface area contributed by atoms with E-state index < -0.39 is 0 Å². The molecule has 0 aliphatic heterocycles. The van der Waals surface area contributed by atoms with Crippen LogP contribution in [0.25, 0.3) is 10.9 Å². The lowest BCUT2D eigenvalue weighted by molar-refractivity contribution is -0.119. The van der Waals surface area contributed by atoms with Crippen LogP contribution < -0.4 is 10.6 Å². The standard InChI is InChI=1S/C15H16BrN3O/c16-12-4-5-13-11(7-12)3-6-14(19-13)17-9-15(20)18-8-10-1-2-10/h3-7,10H,1-2,8-9H2,(H,17,19)(H,18,20). The highest BCUT2D eigenvalue weighted by molar-refractivity contribution is 9.10. The number of amides is 1. The molecule has 2 N–H and O–H groups in total. The predicted molar refractivity (Wildman–Crippen MR) is 83.7 cm³/mol. The number of rotatable bonds is 5. The van der Waals surface area contributed by atoms with Crippen LogP contribution in [0.3, 0.4) is 0 Å². The molecule has 20 heavy (non-hydrogen) atoms. The van der Waals surface area contributed by atoms with Crippen molar-refractivity contribution in [3.63, 3.8) is 0 Å². The van der Waals surface area contributed by atoms with Gasteiger partial charge in [0.05, 0.1) is 12.1 Å². The molecule has 104 valence electrons. The maximum absolute atomic E-state index is 11.6. The topological polar surface area (TPSA) is 54.0 Å². The number of benzene rings is 1. The fourth-order valence-corrected chi connectivity index (χ4v) is 2.39. The van der Waals surface area contributed by atoms with Gasteiger partial charge in [0, 0.05) is 16.4 Å². The van der Waals surface area contributed by atoms with Crippen LogP contribution in [0, 0.1) is 5.92 Å². The van der Waals surface area contributed by atoms with Gasteiger partial charge in [-0.2, -0.15) is 0 Å². The Kier molecular flexibility index (Phi) is 3.87. The Morgan fingerprint density at radius 1 is 1.30 bits per heavy atom. The molecule has 0 saturated heterocycles. The first-order chi connectivity index (χ1) is 9.70. The number of aromatic nitrogens is 1. The van der Waals surface area contributed by atoms with E-state index in [4.69, 9.17) is 0 Å². The highest BCUT2D eigenvalue weighted by Crippen LogP contribution is 2.27. The first-order valence-electron chi connectivity index (χ1n) is 6.77. The van der Waals surface area contributed by atoms with Crippen LogP contribution in [-0.4, -0.2) is 24.0 Å². The van der Waals surface area contributed by atoms with Crippen molar-refractivity contribution in [2.24, 2.45) is 5.92 Å². The third-order valence-electron chi connectivity index (χ3n) is 3.37. The molecule has 3 rings (SSSR count). The minimum atomic E-state index is 0.0228. The number of hydrogen-bond acceptors (Lipinski definition) is 3. The van der Waals surface area contributed by atoms with Crippen molar-refractivity contribution in [1.82, 2.24) is 10.3 Å². The van der Waals surface area contributed by atoms with Gasteiger partial charge >= 0.3 is 0 Å². The van der Waals surface area contributed by atoms with E-state index in [2.05, 4.69) is 31.5 Å². The van der Waals surface area contributed by atoms with Gasteiger partial charge in [-0.15, -0.1) is 0 Å². The van der Waals surface area contributed by atoms with E-state index in [-0.39, 0.29) is 12.5 Å². The molecule has 0 spiro atoms. The summed E-state index contributed by atoms with van der Waals surface area (Å²) in [6.07, 6.45) is 2.49. The summed E-state index contributed by atoms with van der Waals surface area (Å²) in [5.41, 5.74) is 0.914. The number of carbonyl (C=O) groups excluding carboxylic acids is 1. The Morgan fingerprint density at radius 3 is 2.95 bits per heavy atom. The summed E-state index contributed by atoms with van der Waals surface area (Å²) >= 11 is 3.44. The lowest BCUT2D eigenvalue weighted by Gasteiger charge is -2.07. The molecule has 1 aromatic heterocycles. The summed E-state index contributed by atoms with van der Waals surface area (Å²) in [4.78, 5) is 16.1. The SMILES string of the molecule is O=C(CNc1ccc2cc(Br)ccc2n1)NCC1CC1. The smallest absolute Gasteiger partial charge is 0.239 e. The molecule has 0 radical (unpaired) electrons. The van der Waals surface area contributed by atoms with Crippen LogP contribution in [0.5, 0.6) is 0 Å². The third kappa shape index (κ3) is 3.48. The second kappa shape index (κ2) is 5.79. The van der Waals surface area contributed by atoms with Crippen molar-refractivity contribution in [3.05, 3.63) is 34.8 Å². The Labute approximate surface area is 126 Å². The van der Waals surface area contributed by atoms with Gasteiger partial charge in [-0.3, -0.25) is 4.79 Å². The first kappa shape index (κ1) is 13.4. The number of carbonyl (C=O) groups is 1. The minimum Gasteiger partial charge on any atom is -0.361 e. The van der Waals surface area contributed by atoms with Gasteiger partial charge in [-0.25, -0.2) is 4.98 Å². The maximum atomic E-state index is 11.6. The number of hydrogen-bond donors (Lipinski definition) is 2. The third-order valence-corrected chi connectivity index (χ3v) is 3.86. The van der Waals surface area contributed by atoms with E-state index in [0.29, 0.717) is 5.92 Å². The molecule has 1 aliphatic carbocycles. The van der Waals surface area contributed by atoms with Gasteiger partial charge < -0.3 is 10.6 Å². The molecular formula is C15H16BrN3O. The number of nitrogens with one attached hydrogen (secondary N) is 2. The second-order valence-corrected chi connectivity index (χ2v) is 6.05. The molecule has 0 bridgehead atoms. The highest BCUT2D eigenvalue weighted by Gasteiger charge is 2.21. The van der Waals surface area contributed by atoms with Crippen LogP contribution in [0.1, 0.15) is 12.8 Å². The second-order valence-electron chi connectivity index (χ2n) is 5.13. The average Bonchev–Trinajstić information content (AvgIpc) is 3.27. The number of halogens is 1. The molecule has 4 nitrogen and oxygen atoms in total. The van der Waals surface area contributed by atoms with Gasteiger partial charge in [0.1, 0.15) is 5.82 Å². The van der Waals surface area contributed by atoms with Crippen molar-refractivity contribution in [1.29, 1.82) is 0 Å². The molecule has 1 amide bonds. The van der Waals surface area contributed by atoms with Crippen LogP contribution in [-0.2, 0) is 4.79 Å². The first-order valence-corrected chi connectivity index (χ1v) is 7.57. The average molecular weight is 334 g/mol. The molecule has 0 atom stereocenters. The summed E-state index contributed by atoms with van der Waals surface area (Å²) < 4.78 is 1.03. The van der Waals surface area contributed by atoms with Crippen molar-refractivity contribution >= 4 is 38.6 Å². The summed E-state index contributed by atoms with van der Waals surface area (Å²) in [7, 11) is 0. The highest BCUT2D eigenvalue weighted by atomic mass is 79.9. The summed E-state index contributed by atoms with van der Waals surface area (Å²) in [5, 5.41) is 7.06. The van der Waals surface area contributed by atoms with E-state index in [0.717, 1.165) is 27.7 Å². The molecule has 1 heterocycles. The van der Waals surface area contributed by atoms with Gasteiger partial charge in [0.15, 0.2) is 0 Å². The molecule has 0 unspecified atom stereocenters. The normalized spacial score (nSPS) is 14.2. The monoisotopic (exact) mass is 333 g/mol. The zero-order valence-corrected chi connectivity index (χ0v) is 12.6. The van der Waals surface area contributed by atoms with Gasteiger partial charge in [-0.1, -0.05) is 15.9 Å². The quantitative estimate of drug-likeness (QED) is 0.884. The van der Waals surface area contributed by atoms with Crippen LogP contribution in [0.4, 0.5) is 5.82 Å². The Hall–Kier alpha value is -1.62. The van der Waals surface area contributed by atoms with E-state index in [1.807, 2.05) is 30.3 Å². The summed E-state index contributed by atoms with van der Waals surface area (Å²) in [6, 6.07) is 9.83. The molecule has 1 aliphatic rings. The van der Waals surface area contributed by atoms with E-state index in [1.165, 1.54) is 12.8 Å². The number of anilines is 1. The van der Waals surface area contributed by atoms with E-state index in [1.54, 1.807) is 0 Å². The number of nitrogens with zero attached hydrogens (tertiary/aromatic N) is 1. The molecule has 5 heteroatoms. The van der Waals surface area contributed by atoms with Gasteiger partial charge in [0.2, 0.25) is 5.91 Å². The maximum Gasteiger partial charge on any atom is 0.239 e. The lowest BCUT2D eigenvalue weighted by Crippen LogP contribution is -2.31. The van der Waals surface area contributed by atoms with E-state index in [9.17, 15) is 4.79 Å². The van der Waals surface area contributed by atoms with Crippen molar-refractivity contribution in [2.45, 2.75) is 12.8 Å². The number of fused-ring (bicyclic) bond motifs is 1. The Morgan fingerprint density at radius 2 is 2.15 bits per heavy atom. The van der Waals surface area contributed by atoms with Crippen molar-refractivity contribution in [2.75, 3.05) is 18.4 Å². The van der Waals surface area contributed by atoms with Gasteiger partial charge in [-0.05, 0) is 49.1 Å². The molecule has 1 fully saturated rings. The van der Waals surface area contributed by atoms with Crippen LogP contribution >= 0.6 is 15.9 Å². The predicted octanol–water partition coefficient (Wildman–Crippen LogP) is 2.94. The minimum absolute atomic E-state index is 0.0228. The van der Waals surface area contributed by atoms with Crippen molar-refractivity contribution in [3.8, 4) is 0 Å². The zero-order valence-electron chi connectivity index (χ0n) is 11.0. The van der Waals surface area contributed by atoms with Crippen molar-refractivity contribution < 1.29 is 4.79 Å². The molecule has 1 aromatic carbocycles. The summed E-state index contributed by atoms with van der Waals surface area (Å²) in [6.45, 7) is 1.07. The lowest BCUT2D eigenvalue weighted by atomic mass is 10.2. The Bertz CT molecular complexity index is 640. The fourth-order valence-electron chi connectivity index (χ4n) is 2.01. The van der Waals surface area contributed by atoms with Crippen LogP contribution in [0.2, 0.25) is 0 Å². The number of pyridine rings is 1. The fraction of sp³-hybridized carbons (Fsp3) is 0.333. The summed E-state index contributed by atoms with van der Waals surface area (Å²) in [5.74, 6) is 1.45.